The van der Waals surface area contributed by atoms with Crippen LogP contribution >= 0.6 is 23.4 Å². The summed E-state index contributed by atoms with van der Waals surface area (Å²) in [5.41, 5.74) is 0.925. The number of nitrogens with zero attached hydrogens (tertiary/aromatic N) is 1. The van der Waals surface area contributed by atoms with Gasteiger partial charge in [0.1, 0.15) is 23.8 Å². The van der Waals surface area contributed by atoms with Gasteiger partial charge in [-0.05, 0) is 48.2 Å². The number of imide groups is 1. The minimum absolute atomic E-state index is 0.0365. The van der Waals surface area contributed by atoms with Gasteiger partial charge in [0.05, 0.1) is 28.3 Å². The number of furan rings is 1. The number of carbonyl (C=O) groups excluding carboxylic acids is 3. The summed E-state index contributed by atoms with van der Waals surface area (Å²) in [7, 11) is 1.46. The number of rotatable bonds is 7. The van der Waals surface area contributed by atoms with E-state index in [2.05, 4.69) is 5.32 Å². The number of hydrogen-bond acceptors (Lipinski definition) is 7. The number of nitrogens with one attached hydrogen (secondary N) is 1. The van der Waals surface area contributed by atoms with Gasteiger partial charge in [0.2, 0.25) is 5.91 Å². The Morgan fingerprint density at radius 1 is 1.17 bits per heavy atom. The molecule has 0 aliphatic carbocycles. The Balaban J connectivity index is 1.46. The molecule has 1 saturated heterocycles. The zero-order valence-electron chi connectivity index (χ0n) is 18.1. The van der Waals surface area contributed by atoms with Crippen molar-refractivity contribution >= 4 is 58.1 Å². The van der Waals surface area contributed by atoms with Gasteiger partial charge < -0.3 is 19.6 Å². The Morgan fingerprint density at radius 2 is 1.94 bits per heavy atom. The van der Waals surface area contributed by atoms with Crippen LogP contribution in [0.2, 0.25) is 5.02 Å². The van der Waals surface area contributed by atoms with Crippen molar-refractivity contribution in [1.29, 1.82) is 0 Å². The number of methoxy groups -OCH3 is 1. The molecule has 0 spiro atoms. The second-order valence-corrected chi connectivity index (χ2v) is 8.62. The molecule has 0 radical (unpaired) electrons. The number of amides is 3. The van der Waals surface area contributed by atoms with E-state index in [4.69, 9.17) is 25.9 Å². The fourth-order valence-electron chi connectivity index (χ4n) is 3.27. The summed E-state index contributed by atoms with van der Waals surface area (Å²) in [6, 6.07) is 14.4. The smallest absolute Gasteiger partial charge is 0.337 e. The number of aromatic carboxylic acids is 1. The maximum atomic E-state index is 12.8. The topological polar surface area (TPSA) is 126 Å². The Morgan fingerprint density at radius 3 is 2.66 bits per heavy atom. The van der Waals surface area contributed by atoms with E-state index in [9.17, 15) is 19.2 Å². The van der Waals surface area contributed by atoms with Crippen molar-refractivity contribution in [2.24, 2.45) is 0 Å². The lowest BCUT2D eigenvalue weighted by molar-refractivity contribution is -0.127. The van der Waals surface area contributed by atoms with Crippen LogP contribution in [-0.4, -0.2) is 46.7 Å². The summed E-state index contributed by atoms with van der Waals surface area (Å²) in [4.78, 5) is 49.6. The number of carbonyl (C=O) groups is 4. The highest BCUT2D eigenvalue weighted by atomic mass is 35.5. The second-order valence-electron chi connectivity index (χ2n) is 7.22. The zero-order valence-corrected chi connectivity index (χ0v) is 19.7. The van der Waals surface area contributed by atoms with Gasteiger partial charge in [0.15, 0.2) is 0 Å². The molecule has 1 aliphatic rings. The summed E-state index contributed by atoms with van der Waals surface area (Å²) in [5.74, 6) is -1.19. The van der Waals surface area contributed by atoms with Gasteiger partial charge in [0, 0.05) is 11.6 Å². The van der Waals surface area contributed by atoms with Crippen molar-refractivity contribution in [3.05, 3.63) is 75.8 Å². The number of benzene rings is 2. The summed E-state index contributed by atoms with van der Waals surface area (Å²) in [6.45, 7) is -0.460. The molecule has 4 rings (SSSR count). The van der Waals surface area contributed by atoms with Crippen molar-refractivity contribution in [3.8, 4) is 17.1 Å². The van der Waals surface area contributed by atoms with Gasteiger partial charge in [0.25, 0.3) is 11.1 Å². The number of para-hydroxylation sites is 2. The number of anilines is 1. The molecule has 9 nitrogen and oxygen atoms in total. The number of thioether (sulfide) groups is 1. The molecule has 3 aromatic rings. The normalized spacial score (nSPS) is 14.5. The van der Waals surface area contributed by atoms with Crippen LogP contribution < -0.4 is 10.1 Å². The largest absolute Gasteiger partial charge is 0.495 e. The van der Waals surface area contributed by atoms with Gasteiger partial charge in [-0.3, -0.25) is 19.3 Å². The first-order valence-corrected chi connectivity index (χ1v) is 11.3. The Bertz CT molecular complexity index is 1380. The molecule has 0 atom stereocenters. The van der Waals surface area contributed by atoms with E-state index in [-0.39, 0.29) is 15.5 Å². The van der Waals surface area contributed by atoms with Gasteiger partial charge >= 0.3 is 5.97 Å². The second kappa shape index (κ2) is 10.1. The predicted molar refractivity (Wildman–Crippen MR) is 130 cm³/mol. The minimum atomic E-state index is -1.14. The zero-order chi connectivity index (χ0) is 25.1. The first-order chi connectivity index (χ1) is 16.8. The van der Waals surface area contributed by atoms with Crippen LogP contribution in [0.15, 0.2) is 63.9 Å². The number of halogens is 1. The van der Waals surface area contributed by atoms with Crippen molar-refractivity contribution < 1.29 is 33.4 Å². The van der Waals surface area contributed by atoms with E-state index in [1.165, 1.54) is 25.3 Å². The van der Waals surface area contributed by atoms with Gasteiger partial charge in [-0.25, -0.2) is 4.79 Å². The lowest BCUT2D eigenvalue weighted by Crippen LogP contribution is -2.36. The molecule has 35 heavy (non-hydrogen) atoms. The first-order valence-electron chi connectivity index (χ1n) is 10.1. The van der Waals surface area contributed by atoms with Gasteiger partial charge in [-0.15, -0.1) is 0 Å². The molecule has 2 aromatic carbocycles. The molecule has 178 valence electrons. The molecule has 2 N–H and O–H groups in total. The highest BCUT2D eigenvalue weighted by Crippen LogP contribution is 2.34. The number of carboxylic acid groups (broad SMARTS) is 1. The highest BCUT2D eigenvalue weighted by molar-refractivity contribution is 8.18. The number of hydrogen-bond donors (Lipinski definition) is 2. The third-order valence-electron chi connectivity index (χ3n) is 4.94. The van der Waals surface area contributed by atoms with E-state index in [1.54, 1.807) is 42.5 Å². The van der Waals surface area contributed by atoms with Crippen LogP contribution in [0.25, 0.3) is 17.4 Å². The van der Waals surface area contributed by atoms with Crippen LogP contribution in [-0.2, 0) is 9.59 Å². The van der Waals surface area contributed by atoms with E-state index in [1.807, 2.05) is 0 Å². The average Bonchev–Trinajstić information content (AvgIpc) is 3.39. The van der Waals surface area contributed by atoms with E-state index in [0.717, 1.165) is 4.90 Å². The monoisotopic (exact) mass is 512 g/mol. The van der Waals surface area contributed by atoms with Gasteiger partial charge in [-0.2, -0.15) is 0 Å². The predicted octanol–water partition coefficient (Wildman–Crippen LogP) is 4.98. The Kier molecular flexibility index (Phi) is 6.94. The van der Waals surface area contributed by atoms with E-state index < -0.39 is 29.6 Å². The Labute approximate surface area is 208 Å². The quantitative estimate of drug-likeness (QED) is 0.424. The fraction of sp³-hybridized carbons (Fsp3) is 0.0833. The van der Waals surface area contributed by atoms with Crippen LogP contribution in [0.5, 0.6) is 5.75 Å². The fourth-order valence-corrected chi connectivity index (χ4v) is 4.35. The maximum Gasteiger partial charge on any atom is 0.337 e. The average molecular weight is 513 g/mol. The molecule has 1 aliphatic heterocycles. The first kappa shape index (κ1) is 24.1. The van der Waals surface area contributed by atoms with Gasteiger partial charge in [-0.1, -0.05) is 29.8 Å². The van der Waals surface area contributed by atoms with Crippen LogP contribution in [0, 0.1) is 0 Å². The Hall–Kier alpha value is -4.02. The summed E-state index contributed by atoms with van der Waals surface area (Å²) >= 11 is 6.71. The molecular weight excluding hydrogens is 496 g/mol. The molecule has 11 heteroatoms. The van der Waals surface area contributed by atoms with Crippen LogP contribution in [0.1, 0.15) is 16.1 Å². The SMILES string of the molecule is COc1ccccc1NC(=O)CN1C(=O)S/C(=C\c2ccc(-c3ccc(C(=O)O)c(Cl)c3)o2)C1=O. The van der Waals surface area contributed by atoms with Crippen molar-refractivity contribution in [2.45, 2.75) is 0 Å². The maximum absolute atomic E-state index is 12.8. The highest BCUT2D eigenvalue weighted by Gasteiger charge is 2.36. The molecule has 0 unspecified atom stereocenters. The van der Waals surface area contributed by atoms with Crippen LogP contribution in [0.3, 0.4) is 0 Å². The lowest BCUT2D eigenvalue weighted by atomic mass is 10.1. The van der Waals surface area contributed by atoms with E-state index >= 15 is 0 Å². The molecule has 0 saturated carbocycles. The standard InChI is InChI=1S/C24H17ClN2O7S/c1-33-19-5-3-2-4-17(19)26-21(28)12-27-22(29)20(35-24(27)32)11-14-7-9-18(34-14)13-6-8-15(23(30)31)16(25)10-13/h2-11H,12H2,1H3,(H,26,28)(H,30,31)/b20-11-. The van der Waals surface area contributed by atoms with Crippen molar-refractivity contribution in [1.82, 2.24) is 4.90 Å². The van der Waals surface area contributed by atoms with Crippen LogP contribution in [0.4, 0.5) is 10.5 Å². The lowest BCUT2D eigenvalue weighted by Gasteiger charge is -2.14. The summed E-state index contributed by atoms with van der Waals surface area (Å²) in [5, 5.41) is 11.2. The third kappa shape index (κ3) is 5.23. The van der Waals surface area contributed by atoms with E-state index in [0.29, 0.717) is 40.3 Å². The molecular formula is C24H17ClN2O7S. The number of ether oxygens (including phenoxy) is 1. The molecule has 2 heterocycles. The van der Waals surface area contributed by atoms with Crippen molar-refractivity contribution in [2.75, 3.05) is 19.0 Å². The van der Waals surface area contributed by atoms with Crippen molar-refractivity contribution in [3.63, 3.8) is 0 Å². The number of carboxylic acids is 1. The molecule has 1 fully saturated rings. The summed E-state index contributed by atoms with van der Waals surface area (Å²) < 4.78 is 10.9. The molecule has 3 amide bonds. The molecule has 0 bridgehead atoms. The molecule has 1 aromatic heterocycles. The third-order valence-corrected chi connectivity index (χ3v) is 6.16. The minimum Gasteiger partial charge on any atom is -0.495 e. The summed E-state index contributed by atoms with van der Waals surface area (Å²) in [6.07, 6.45) is 1.40.